The highest BCUT2D eigenvalue weighted by molar-refractivity contribution is 4.79. The van der Waals surface area contributed by atoms with Crippen LogP contribution in [0.3, 0.4) is 0 Å². The van der Waals surface area contributed by atoms with Gasteiger partial charge in [-0.2, -0.15) is 0 Å². The standard InChI is InChI=1S/C11H24N2/c1-4-11(2,3)13-9-7-10-6-5-8-12-10/h10,12-13H,4-9H2,1-3H3. The molecule has 2 nitrogen and oxygen atoms in total. The molecule has 0 aliphatic carbocycles. The molecule has 0 aromatic heterocycles. The van der Waals surface area contributed by atoms with E-state index in [1.165, 1.54) is 32.2 Å². The van der Waals surface area contributed by atoms with E-state index in [0.717, 1.165) is 12.6 Å². The Bertz CT molecular complexity index is 137. The van der Waals surface area contributed by atoms with Crippen molar-refractivity contribution in [1.29, 1.82) is 0 Å². The molecule has 0 aromatic rings. The lowest BCUT2D eigenvalue weighted by Gasteiger charge is -2.25. The largest absolute Gasteiger partial charge is 0.314 e. The SMILES string of the molecule is CCC(C)(C)NCCC1CCCN1. The molecule has 1 unspecified atom stereocenters. The Kier molecular flexibility index (Phi) is 4.20. The normalized spacial score (nSPS) is 23.8. The summed E-state index contributed by atoms with van der Waals surface area (Å²) in [7, 11) is 0. The minimum atomic E-state index is 0.318. The molecule has 0 amide bonds. The molecule has 1 heterocycles. The first-order valence-electron chi connectivity index (χ1n) is 5.62. The molecule has 2 N–H and O–H groups in total. The first-order valence-corrected chi connectivity index (χ1v) is 5.62. The second-order valence-electron chi connectivity index (χ2n) is 4.75. The minimum Gasteiger partial charge on any atom is -0.314 e. The Morgan fingerprint density at radius 1 is 1.46 bits per heavy atom. The summed E-state index contributed by atoms with van der Waals surface area (Å²) in [6.45, 7) is 9.16. The molecular weight excluding hydrogens is 160 g/mol. The van der Waals surface area contributed by atoms with Gasteiger partial charge >= 0.3 is 0 Å². The molecule has 1 fully saturated rings. The fourth-order valence-electron chi connectivity index (χ4n) is 1.71. The zero-order valence-corrected chi connectivity index (χ0v) is 9.32. The Morgan fingerprint density at radius 2 is 2.23 bits per heavy atom. The number of rotatable bonds is 5. The van der Waals surface area contributed by atoms with E-state index >= 15 is 0 Å². The van der Waals surface area contributed by atoms with Gasteiger partial charge in [0, 0.05) is 11.6 Å². The lowest BCUT2D eigenvalue weighted by atomic mass is 10.0. The van der Waals surface area contributed by atoms with Crippen molar-refractivity contribution in [2.24, 2.45) is 0 Å². The van der Waals surface area contributed by atoms with Crippen molar-refractivity contribution in [2.75, 3.05) is 13.1 Å². The molecule has 78 valence electrons. The maximum Gasteiger partial charge on any atom is 0.0122 e. The predicted molar refractivity (Wildman–Crippen MR) is 58.0 cm³/mol. The summed E-state index contributed by atoms with van der Waals surface area (Å²) >= 11 is 0. The minimum absolute atomic E-state index is 0.318. The van der Waals surface area contributed by atoms with Crippen LogP contribution in [-0.4, -0.2) is 24.7 Å². The van der Waals surface area contributed by atoms with Crippen molar-refractivity contribution in [3.8, 4) is 0 Å². The van der Waals surface area contributed by atoms with Gasteiger partial charge in [0.1, 0.15) is 0 Å². The van der Waals surface area contributed by atoms with Gasteiger partial charge in [-0.15, -0.1) is 0 Å². The second kappa shape index (κ2) is 4.97. The molecule has 2 heteroatoms. The molecule has 1 saturated heterocycles. The van der Waals surface area contributed by atoms with Crippen molar-refractivity contribution in [1.82, 2.24) is 10.6 Å². The highest BCUT2D eigenvalue weighted by atomic mass is 15.0. The Balaban J connectivity index is 2.06. The van der Waals surface area contributed by atoms with Crippen molar-refractivity contribution < 1.29 is 0 Å². The van der Waals surface area contributed by atoms with Crippen LogP contribution in [0.2, 0.25) is 0 Å². The van der Waals surface area contributed by atoms with Crippen molar-refractivity contribution in [2.45, 2.75) is 58.0 Å². The van der Waals surface area contributed by atoms with Crippen LogP contribution in [0.1, 0.15) is 46.5 Å². The fourth-order valence-corrected chi connectivity index (χ4v) is 1.71. The molecule has 0 radical (unpaired) electrons. The Hall–Kier alpha value is -0.0800. The molecule has 0 bridgehead atoms. The molecule has 1 aliphatic rings. The molecule has 0 saturated carbocycles. The third kappa shape index (κ3) is 4.10. The van der Waals surface area contributed by atoms with Crippen LogP contribution in [0.4, 0.5) is 0 Å². The summed E-state index contributed by atoms with van der Waals surface area (Å²) in [4.78, 5) is 0. The third-order valence-corrected chi connectivity index (χ3v) is 3.14. The van der Waals surface area contributed by atoms with Crippen LogP contribution in [-0.2, 0) is 0 Å². The van der Waals surface area contributed by atoms with E-state index in [2.05, 4.69) is 31.4 Å². The van der Waals surface area contributed by atoms with E-state index in [0.29, 0.717) is 5.54 Å². The topological polar surface area (TPSA) is 24.1 Å². The maximum atomic E-state index is 3.60. The monoisotopic (exact) mass is 184 g/mol. The van der Waals surface area contributed by atoms with Gasteiger partial charge in [0.15, 0.2) is 0 Å². The molecule has 1 atom stereocenters. The van der Waals surface area contributed by atoms with Crippen LogP contribution in [0.25, 0.3) is 0 Å². The van der Waals surface area contributed by atoms with Crippen molar-refractivity contribution in [3.05, 3.63) is 0 Å². The quantitative estimate of drug-likeness (QED) is 0.682. The lowest BCUT2D eigenvalue weighted by Crippen LogP contribution is -2.40. The zero-order chi connectivity index (χ0) is 9.73. The first-order chi connectivity index (χ1) is 6.14. The zero-order valence-electron chi connectivity index (χ0n) is 9.32. The average Bonchev–Trinajstić information content (AvgIpc) is 2.57. The van der Waals surface area contributed by atoms with Gasteiger partial charge in [-0.05, 0) is 52.6 Å². The second-order valence-corrected chi connectivity index (χ2v) is 4.75. The highest BCUT2D eigenvalue weighted by Gasteiger charge is 2.16. The van der Waals surface area contributed by atoms with Gasteiger partial charge in [0.2, 0.25) is 0 Å². The van der Waals surface area contributed by atoms with E-state index in [4.69, 9.17) is 0 Å². The number of hydrogen-bond acceptors (Lipinski definition) is 2. The van der Waals surface area contributed by atoms with Crippen LogP contribution in [0, 0.1) is 0 Å². The van der Waals surface area contributed by atoms with Crippen LogP contribution in [0.15, 0.2) is 0 Å². The van der Waals surface area contributed by atoms with Crippen LogP contribution >= 0.6 is 0 Å². The summed E-state index contributed by atoms with van der Waals surface area (Å²) in [5.41, 5.74) is 0.318. The molecule has 1 aliphatic heterocycles. The lowest BCUT2D eigenvalue weighted by molar-refractivity contribution is 0.362. The summed E-state index contributed by atoms with van der Waals surface area (Å²) in [5.74, 6) is 0. The average molecular weight is 184 g/mol. The molecule has 0 aromatic carbocycles. The van der Waals surface area contributed by atoms with E-state index < -0.39 is 0 Å². The molecule has 13 heavy (non-hydrogen) atoms. The predicted octanol–water partition coefficient (Wildman–Crippen LogP) is 1.91. The fraction of sp³-hybridized carbons (Fsp3) is 1.00. The maximum absolute atomic E-state index is 3.60. The molecular formula is C11H24N2. The number of nitrogens with one attached hydrogen (secondary N) is 2. The first kappa shape index (κ1) is 11.0. The van der Waals surface area contributed by atoms with Gasteiger partial charge in [-0.3, -0.25) is 0 Å². The molecule has 1 rings (SSSR count). The summed E-state index contributed by atoms with van der Waals surface area (Å²) in [6, 6.07) is 0.778. The van der Waals surface area contributed by atoms with Gasteiger partial charge in [0.05, 0.1) is 0 Å². The van der Waals surface area contributed by atoms with Gasteiger partial charge in [0.25, 0.3) is 0 Å². The van der Waals surface area contributed by atoms with E-state index in [-0.39, 0.29) is 0 Å². The van der Waals surface area contributed by atoms with E-state index in [1.54, 1.807) is 0 Å². The Morgan fingerprint density at radius 3 is 2.77 bits per heavy atom. The van der Waals surface area contributed by atoms with Crippen molar-refractivity contribution >= 4 is 0 Å². The van der Waals surface area contributed by atoms with Crippen LogP contribution < -0.4 is 10.6 Å². The summed E-state index contributed by atoms with van der Waals surface area (Å²) < 4.78 is 0. The number of hydrogen-bond donors (Lipinski definition) is 2. The highest BCUT2D eigenvalue weighted by Crippen LogP contribution is 2.10. The van der Waals surface area contributed by atoms with Gasteiger partial charge in [-0.1, -0.05) is 6.92 Å². The smallest absolute Gasteiger partial charge is 0.0122 e. The van der Waals surface area contributed by atoms with E-state index in [1.807, 2.05) is 0 Å². The molecule has 0 spiro atoms. The van der Waals surface area contributed by atoms with E-state index in [9.17, 15) is 0 Å². The van der Waals surface area contributed by atoms with Gasteiger partial charge in [-0.25, -0.2) is 0 Å². The third-order valence-electron chi connectivity index (χ3n) is 3.14. The summed E-state index contributed by atoms with van der Waals surface area (Å²) in [5, 5.41) is 7.12. The van der Waals surface area contributed by atoms with Crippen molar-refractivity contribution in [3.63, 3.8) is 0 Å². The van der Waals surface area contributed by atoms with Crippen LogP contribution in [0.5, 0.6) is 0 Å². The Labute approximate surface area is 82.5 Å². The van der Waals surface area contributed by atoms with Gasteiger partial charge < -0.3 is 10.6 Å². The summed E-state index contributed by atoms with van der Waals surface area (Å²) in [6.07, 6.45) is 5.21.